The Balaban J connectivity index is 0. The molecule has 0 aromatic rings. The van der Waals surface area contributed by atoms with Gasteiger partial charge in [0.1, 0.15) is 0 Å². The summed E-state index contributed by atoms with van der Waals surface area (Å²) in [6.45, 7) is 2.24. The molecular weight excluding hydrogens is 323 g/mol. The smallest absolute Gasteiger partial charge is 0.748 e. The summed E-state index contributed by atoms with van der Waals surface area (Å²) in [5.74, 6) is -0.316. The second-order valence-electron chi connectivity index (χ2n) is 6.23. The van der Waals surface area contributed by atoms with Crippen LogP contribution in [-0.2, 0) is 14.9 Å². The molecule has 0 aliphatic rings. The van der Waals surface area contributed by atoms with E-state index >= 15 is 0 Å². The molecule has 0 aliphatic heterocycles. The van der Waals surface area contributed by atoms with Gasteiger partial charge in [-0.25, -0.2) is 8.42 Å². The van der Waals surface area contributed by atoms with Crippen LogP contribution in [0.2, 0.25) is 0 Å². The molecule has 0 saturated carbocycles. The second kappa shape index (κ2) is 17.7. The number of hydrogen-bond acceptors (Lipinski definition) is 4. The molecule has 23 heavy (non-hydrogen) atoms. The number of methoxy groups -OCH3 is 1. The molecule has 0 aromatic heterocycles. The van der Waals surface area contributed by atoms with E-state index in [0.29, 0.717) is 6.42 Å². The van der Waals surface area contributed by atoms with Crippen molar-refractivity contribution >= 4 is 10.1 Å². The van der Waals surface area contributed by atoms with Gasteiger partial charge in [0.25, 0.3) is 0 Å². The predicted molar refractivity (Wildman–Crippen MR) is 91.1 cm³/mol. The minimum atomic E-state index is -4.11. The number of hydrogen-bond donors (Lipinski definition) is 0. The summed E-state index contributed by atoms with van der Waals surface area (Å²) in [5.41, 5.74) is 0. The fourth-order valence-corrected chi connectivity index (χ4v) is 3.24. The van der Waals surface area contributed by atoms with Crippen molar-refractivity contribution < 1.29 is 47.3 Å². The molecule has 4 nitrogen and oxygen atoms in total. The normalized spacial score (nSPS) is 12.8. The molecule has 1 unspecified atom stereocenters. The molecule has 0 heterocycles. The Kier molecular flexibility index (Phi) is 20.1. The number of unbranched alkanes of at least 4 members (excludes halogenated alkanes) is 10. The van der Waals surface area contributed by atoms with Crippen molar-refractivity contribution in [2.45, 2.75) is 96.5 Å². The van der Waals surface area contributed by atoms with Crippen LogP contribution in [0.15, 0.2) is 0 Å². The Labute approximate surface area is 166 Å². The molecule has 0 bridgehead atoms. The Morgan fingerprint density at radius 2 is 1.26 bits per heavy atom. The van der Waals surface area contributed by atoms with Crippen molar-refractivity contribution in [2.75, 3.05) is 12.9 Å². The first-order valence-electron chi connectivity index (χ1n) is 8.96. The van der Waals surface area contributed by atoms with Crippen molar-refractivity contribution in [2.24, 2.45) is 0 Å². The number of ether oxygens (including phenoxy) is 1. The molecule has 134 valence electrons. The van der Waals surface area contributed by atoms with Gasteiger partial charge >= 0.3 is 29.6 Å². The third-order valence-corrected chi connectivity index (χ3v) is 4.89. The van der Waals surface area contributed by atoms with E-state index in [1.165, 1.54) is 64.2 Å². The van der Waals surface area contributed by atoms with Crippen LogP contribution >= 0.6 is 0 Å². The first-order chi connectivity index (χ1) is 10.5. The maximum atomic E-state index is 10.6. The zero-order valence-electron chi connectivity index (χ0n) is 15.5. The monoisotopic (exact) mass is 358 g/mol. The van der Waals surface area contributed by atoms with Crippen LogP contribution in [0.4, 0.5) is 0 Å². The molecule has 0 rings (SSSR count). The Hall–Kier alpha value is 0.870. The summed E-state index contributed by atoms with van der Waals surface area (Å²) in [5, 5.41) is 0. The Bertz CT molecular complexity index is 333. The van der Waals surface area contributed by atoms with Gasteiger partial charge in [-0.3, -0.25) is 0 Å². The SMILES string of the molecule is CCCCCCCCCCCCCC(CCS(=O)(=O)[O-])OC.[Na+]. The first kappa shape index (κ1) is 26.1. The Morgan fingerprint density at radius 1 is 0.826 bits per heavy atom. The van der Waals surface area contributed by atoms with Gasteiger partial charge in [0, 0.05) is 12.9 Å². The molecule has 6 heteroatoms. The third kappa shape index (κ3) is 20.8. The zero-order chi connectivity index (χ0) is 16.7. The topological polar surface area (TPSA) is 66.4 Å². The van der Waals surface area contributed by atoms with Gasteiger partial charge in [0.2, 0.25) is 0 Å². The standard InChI is InChI=1S/C17H36O4S.Na/c1-3-4-5-6-7-8-9-10-11-12-13-14-17(21-2)15-16-22(18,19)20;/h17H,3-16H2,1-2H3,(H,18,19,20);/q;+1/p-1. The molecule has 0 aromatic carbocycles. The number of rotatable bonds is 16. The van der Waals surface area contributed by atoms with Crippen molar-refractivity contribution in [3.05, 3.63) is 0 Å². The van der Waals surface area contributed by atoms with Crippen LogP contribution in [0.1, 0.15) is 90.4 Å². The van der Waals surface area contributed by atoms with Crippen LogP contribution in [0.5, 0.6) is 0 Å². The van der Waals surface area contributed by atoms with Gasteiger partial charge in [0.05, 0.1) is 16.2 Å². The van der Waals surface area contributed by atoms with Gasteiger partial charge < -0.3 is 9.29 Å². The average molecular weight is 359 g/mol. The summed E-state index contributed by atoms with van der Waals surface area (Å²) in [7, 11) is -2.53. The largest absolute Gasteiger partial charge is 1.00 e. The van der Waals surface area contributed by atoms with E-state index in [-0.39, 0.29) is 41.4 Å². The van der Waals surface area contributed by atoms with Crippen LogP contribution < -0.4 is 29.6 Å². The first-order valence-corrected chi connectivity index (χ1v) is 10.5. The van der Waals surface area contributed by atoms with E-state index in [9.17, 15) is 13.0 Å². The van der Waals surface area contributed by atoms with E-state index in [0.717, 1.165) is 12.8 Å². The summed E-state index contributed by atoms with van der Waals surface area (Å²) in [6.07, 6.45) is 15.3. The zero-order valence-corrected chi connectivity index (χ0v) is 18.3. The molecule has 1 atom stereocenters. The average Bonchev–Trinajstić information content (AvgIpc) is 2.46. The molecule has 0 spiro atoms. The summed E-state index contributed by atoms with van der Waals surface area (Å²) >= 11 is 0. The van der Waals surface area contributed by atoms with E-state index in [2.05, 4.69) is 6.92 Å². The van der Waals surface area contributed by atoms with Gasteiger partial charge in [-0.15, -0.1) is 0 Å². The van der Waals surface area contributed by atoms with Crippen LogP contribution in [0.3, 0.4) is 0 Å². The molecule has 0 aliphatic carbocycles. The molecule has 0 radical (unpaired) electrons. The molecule has 0 N–H and O–H groups in total. The predicted octanol–water partition coefficient (Wildman–Crippen LogP) is 1.64. The maximum absolute atomic E-state index is 10.6. The van der Waals surface area contributed by atoms with Crippen LogP contribution in [0, 0.1) is 0 Å². The van der Waals surface area contributed by atoms with Crippen molar-refractivity contribution in [1.82, 2.24) is 0 Å². The quantitative estimate of drug-likeness (QED) is 0.239. The van der Waals surface area contributed by atoms with E-state index in [1.807, 2.05) is 0 Å². The van der Waals surface area contributed by atoms with E-state index in [4.69, 9.17) is 4.74 Å². The molecular formula is C17H35NaO4S. The van der Waals surface area contributed by atoms with Gasteiger partial charge in [0.15, 0.2) is 0 Å². The van der Waals surface area contributed by atoms with Crippen molar-refractivity contribution in [1.29, 1.82) is 0 Å². The fourth-order valence-electron chi connectivity index (χ4n) is 2.69. The molecule has 0 fully saturated rings. The van der Waals surface area contributed by atoms with Crippen LogP contribution in [0.25, 0.3) is 0 Å². The van der Waals surface area contributed by atoms with E-state index < -0.39 is 10.1 Å². The third-order valence-electron chi connectivity index (χ3n) is 4.15. The van der Waals surface area contributed by atoms with Gasteiger partial charge in [-0.2, -0.15) is 0 Å². The minimum absolute atomic E-state index is 0. The van der Waals surface area contributed by atoms with Crippen molar-refractivity contribution in [3.8, 4) is 0 Å². The Morgan fingerprint density at radius 3 is 1.65 bits per heavy atom. The second-order valence-corrected chi connectivity index (χ2v) is 7.76. The molecule has 0 saturated heterocycles. The summed E-state index contributed by atoms with van der Waals surface area (Å²) in [4.78, 5) is 0. The molecule has 0 amide bonds. The van der Waals surface area contributed by atoms with Gasteiger partial charge in [-0.1, -0.05) is 77.6 Å². The maximum Gasteiger partial charge on any atom is 1.00 e. The minimum Gasteiger partial charge on any atom is -0.748 e. The van der Waals surface area contributed by atoms with Crippen LogP contribution in [-0.4, -0.2) is 31.9 Å². The summed E-state index contributed by atoms with van der Waals surface area (Å²) < 4.78 is 37.0. The fraction of sp³-hybridized carbons (Fsp3) is 1.00. The van der Waals surface area contributed by atoms with E-state index in [1.54, 1.807) is 7.11 Å². The van der Waals surface area contributed by atoms with Crippen molar-refractivity contribution in [3.63, 3.8) is 0 Å². The van der Waals surface area contributed by atoms with Gasteiger partial charge in [-0.05, 0) is 12.8 Å². The summed E-state index contributed by atoms with van der Waals surface area (Å²) in [6, 6.07) is 0.